The molecular formula is C32H51N. The highest BCUT2D eigenvalue weighted by atomic mass is 15.1. The minimum Gasteiger partial charge on any atom is -0.298 e. The van der Waals surface area contributed by atoms with Crippen LogP contribution in [-0.4, -0.2) is 24.5 Å². The molecule has 1 aromatic carbocycles. The van der Waals surface area contributed by atoms with E-state index in [-0.39, 0.29) is 0 Å². The second kappa shape index (κ2) is 12.7. The summed E-state index contributed by atoms with van der Waals surface area (Å²) in [6.45, 7) is 24.6. The topological polar surface area (TPSA) is 3.24 Å². The van der Waals surface area contributed by atoms with Crippen LogP contribution >= 0.6 is 0 Å². The SMILES string of the molecule is C/C=C(/C)C(CN1C/C=C\C(C)/C(C)=C(/C)C(CC)(CCC)C(C)C1)c1ccccc1CC. The van der Waals surface area contributed by atoms with Crippen molar-refractivity contribution in [2.45, 2.75) is 93.9 Å². The van der Waals surface area contributed by atoms with Crippen LogP contribution in [0.2, 0.25) is 0 Å². The highest BCUT2D eigenvalue weighted by Crippen LogP contribution is 2.46. The smallest absolute Gasteiger partial charge is 0.0176 e. The molecule has 1 aliphatic heterocycles. The number of hydrogen-bond donors (Lipinski definition) is 0. The summed E-state index contributed by atoms with van der Waals surface area (Å²) < 4.78 is 0. The first kappa shape index (κ1) is 27.6. The first-order valence-corrected chi connectivity index (χ1v) is 13.5. The van der Waals surface area contributed by atoms with Gasteiger partial charge in [0.2, 0.25) is 0 Å². The Balaban J connectivity index is 2.49. The van der Waals surface area contributed by atoms with E-state index in [2.05, 4.69) is 110 Å². The van der Waals surface area contributed by atoms with Crippen LogP contribution < -0.4 is 0 Å². The molecule has 0 saturated heterocycles. The van der Waals surface area contributed by atoms with Crippen LogP contribution in [0.3, 0.4) is 0 Å². The molecule has 0 saturated carbocycles. The fourth-order valence-corrected chi connectivity index (χ4v) is 6.26. The van der Waals surface area contributed by atoms with Gasteiger partial charge < -0.3 is 0 Å². The maximum Gasteiger partial charge on any atom is 0.0176 e. The van der Waals surface area contributed by atoms with Crippen molar-refractivity contribution in [2.24, 2.45) is 17.3 Å². The number of allylic oxidation sites excluding steroid dienone is 4. The summed E-state index contributed by atoms with van der Waals surface area (Å²) in [6.07, 6.45) is 12.1. The van der Waals surface area contributed by atoms with Gasteiger partial charge >= 0.3 is 0 Å². The Morgan fingerprint density at radius 1 is 1.15 bits per heavy atom. The van der Waals surface area contributed by atoms with E-state index in [0.29, 0.717) is 23.2 Å². The van der Waals surface area contributed by atoms with Gasteiger partial charge in [0.15, 0.2) is 0 Å². The van der Waals surface area contributed by atoms with Crippen LogP contribution in [0.25, 0.3) is 0 Å². The van der Waals surface area contributed by atoms with E-state index >= 15 is 0 Å². The Bertz CT molecular complexity index is 842. The molecule has 0 aromatic heterocycles. The van der Waals surface area contributed by atoms with Gasteiger partial charge in [0.1, 0.15) is 0 Å². The van der Waals surface area contributed by atoms with E-state index in [1.54, 1.807) is 11.1 Å². The van der Waals surface area contributed by atoms with Crippen LogP contribution in [0, 0.1) is 17.3 Å². The summed E-state index contributed by atoms with van der Waals surface area (Å²) in [5.74, 6) is 1.59. The highest BCUT2D eigenvalue weighted by molar-refractivity contribution is 5.36. The lowest BCUT2D eigenvalue weighted by atomic mass is 9.64. The lowest BCUT2D eigenvalue weighted by molar-refractivity contribution is 0.134. The fourth-order valence-electron chi connectivity index (χ4n) is 6.26. The number of rotatable bonds is 8. The van der Waals surface area contributed by atoms with Gasteiger partial charge in [-0.1, -0.05) is 100 Å². The van der Waals surface area contributed by atoms with Crippen LogP contribution in [0.1, 0.15) is 98.6 Å². The van der Waals surface area contributed by atoms with Crippen molar-refractivity contribution in [3.05, 3.63) is 70.3 Å². The highest BCUT2D eigenvalue weighted by Gasteiger charge is 2.38. The molecule has 0 bridgehead atoms. The van der Waals surface area contributed by atoms with E-state index in [1.165, 1.54) is 36.0 Å². The summed E-state index contributed by atoms with van der Waals surface area (Å²) in [7, 11) is 0. The zero-order valence-electron chi connectivity index (χ0n) is 23.2. The first-order chi connectivity index (χ1) is 15.7. The molecule has 0 amide bonds. The minimum absolute atomic E-state index is 0.295. The molecule has 1 heterocycles. The van der Waals surface area contributed by atoms with Gasteiger partial charge in [0, 0.05) is 25.6 Å². The molecule has 4 unspecified atom stereocenters. The van der Waals surface area contributed by atoms with Crippen molar-refractivity contribution in [1.29, 1.82) is 0 Å². The Morgan fingerprint density at radius 2 is 1.85 bits per heavy atom. The quantitative estimate of drug-likeness (QED) is 0.358. The predicted octanol–water partition coefficient (Wildman–Crippen LogP) is 8.98. The summed E-state index contributed by atoms with van der Waals surface area (Å²) in [4.78, 5) is 2.74. The molecule has 4 atom stereocenters. The van der Waals surface area contributed by atoms with Gasteiger partial charge in [0.25, 0.3) is 0 Å². The Morgan fingerprint density at radius 3 is 2.45 bits per heavy atom. The van der Waals surface area contributed by atoms with Crippen molar-refractivity contribution in [1.82, 2.24) is 4.90 Å². The normalized spacial score (nSPS) is 29.7. The number of benzene rings is 1. The molecular weight excluding hydrogens is 398 g/mol. The van der Waals surface area contributed by atoms with Crippen molar-refractivity contribution >= 4 is 0 Å². The van der Waals surface area contributed by atoms with Gasteiger partial charge in [-0.25, -0.2) is 0 Å². The molecule has 1 heteroatoms. The van der Waals surface area contributed by atoms with Gasteiger partial charge in [0.05, 0.1) is 0 Å². The first-order valence-electron chi connectivity index (χ1n) is 13.5. The molecule has 0 fully saturated rings. The van der Waals surface area contributed by atoms with Gasteiger partial charge in [-0.15, -0.1) is 0 Å². The van der Waals surface area contributed by atoms with E-state index in [1.807, 2.05) is 0 Å². The molecule has 0 spiro atoms. The molecule has 1 nitrogen and oxygen atoms in total. The average Bonchev–Trinajstić information content (AvgIpc) is 2.83. The second-order valence-corrected chi connectivity index (χ2v) is 10.5. The molecule has 184 valence electrons. The van der Waals surface area contributed by atoms with E-state index in [0.717, 1.165) is 26.1 Å². The van der Waals surface area contributed by atoms with Gasteiger partial charge in [-0.3, -0.25) is 4.90 Å². The zero-order chi connectivity index (χ0) is 24.6. The van der Waals surface area contributed by atoms with Crippen LogP contribution in [-0.2, 0) is 6.42 Å². The number of aryl methyl sites for hydroxylation is 1. The maximum absolute atomic E-state index is 2.74. The molecule has 2 rings (SSSR count). The second-order valence-electron chi connectivity index (χ2n) is 10.5. The van der Waals surface area contributed by atoms with Crippen LogP contribution in [0.5, 0.6) is 0 Å². The van der Waals surface area contributed by atoms with Gasteiger partial charge in [-0.05, 0) is 75.3 Å². The van der Waals surface area contributed by atoms with Crippen LogP contribution in [0.15, 0.2) is 59.2 Å². The van der Waals surface area contributed by atoms with Crippen molar-refractivity contribution < 1.29 is 0 Å². The van der Waals surface area contributed by atoms with E-state index < -0.39 is 0 Å². The van der Waals surface area contributed by atoms with Crippen LogP contribution in [0.4, 0.5) is 0 Å². The Labute approximate surface area is 206 Å². The third-order valence-electron chi connectivity index (χ3n) is 8.87. The Hall–Kier alpha value is -1.60. The number of nitrogens with zero attached hydrogens (tertiary/aromatic N) is 1. The minimum atomic E-state index is 0.295. The lowest BCUT2D eigenvalue weighted by Gasteiger charge is -2.44. The van der Waals surface area contributed by atoms with E-state index in [9.17, 15) is 0 Å². The van der Waals surface area contributed by atoms with Crippen molar-refractivity contribution in [2.75, 3.05) is 19.6 Å². The van der Waals surface area contributed by atoms with Crippen molar-refractivity contribution in [3.63, 3.8) is 0 Å². The molecule has 0 aliphatic carbocycles. The zero-order valence-corrected chi connectivity index (χ0v) is 23.2. The Kier molecular flexibility index (Phi) is 10.7. The molecule has 0 N–H and O–H groups in total. The van der Waals surface area contributed by atoms with Gasteiger partial charge in [-0.2, -0.15) is 0 Å². The molecule has 1 aliphatic rings. The van der Waals surface area contributed by atoms with Crippen molar-refractivity contribution in [3.8, 4) is 0 Å². The summed E-state index contributed by atoms with van der Waals surface area (Å²) >= 11 is 0. The summed E-state index contributed by atoms with van der Waals surface area (Å²) in [6, 6.07) is 9.09. The molecule has 0 radical (unpaired) electrons. The third kappa shape index (κ3) is 6.30. The molecule has 1 aromatic rings. The maximum atomic E-state index is 2.74. The molecule has 33 heavy (non-hydrogen) atoms. The van der Waals surface area contributed by atoms with E-state index in [4.69, 9.17) is 0 Å². The number of hydrogen-bond acceptors (Lipinski definition) is 1. The predicted molar refractivity (Wildman–Crippen MR) is 148 cm³/mol. The monoisotopic (exact) mass is 449 g/mol. The fraction of sp³-hybridized carbons (Fsp3) is 0.625. The average molecular weight is 450 g/mol. The largest absolute Gasteiger partial charge is 0.298 e. The summed E-state index contributed by atoms with van der Waals surface area (Å²) in [5, 5.41) is 0. The lowest BCUT2D eigenvalue weighted by Crippen LogP contribution is -2.41. The standard InChI is InChI=1S/C32H51N/c1-10-20-32(13-4)26(7)22-33(21-16-17-25(6)27(8)28(32)9)23-31(24(5)11-2)30-19-15-14-18-29(30)12-3/h11,14-19,25-26,31H,10,12-13,20-23H2,1-9H3/b17-16-,24-11-,28-27-. The third-order valence-corrected chi connectivity index (χ3v) is 8.87. The summed E-state index contributed by atoms with van der Waals surface area (Å²) in [5.41, 5.74) is 8.02.